The van der Waals surface area contributed by atoms with Crippen molar-refractivity contribution in [2.75, 3.05) is 13.4 Å². The molecule has 0 fully saturated rings. The number of hydrogen-bond acceptors (Lipinski definition) is 4. The van der Waals surface area contributed by atoms with Crippen molar-refractivity contribution < 1.29 is 14.6 Å². The van der Waals surface area contributed by atoms with Crippen molar-refractivity contribution in [2.45, 2.75) is 6.42 Å². The molecule has 1 aromatic carbocycles. The fraction of sp³-hybridized carbons (Fsp3) is 0.308. The number of rotatable bonds is 3. The first-order valence-electron chi connectivity index (χ1n) is 5.92. The van der Waals surface area contributed by atoms with Gasteiger partial charge in [-0.1, -0.05) is 0 Å². The standard InChI is InChI=1S/C13H13BrN2O3/c1-16-12(14)9(4-5-17)15-13(16)8-2-3-10-11(6-8)19-7-18-10/h2-3,6,17H,4-5,7H2,1H3. The first-order valence-corrected chi connectivity index (χ1v) is 6.72. The molecular formula is C13H13BrN2O3. The molecule has 2 heterocycles. The van der Waals surface area contributed by atoms with E-state index in [1.165, 1.54) is 0 Å². The lowest BCUT2D eigenvalue weighted by Gasteiger charge is -2.03. The van der Waals surface area contributed by atoms with Crippen LogP contribution in [0.3, 0.4) is 0 Å². The molecule has 0 bridgehead atoms. The Labute approximate surface area is 118 Å². The van der Waals surface area contributed by atoms with Crippen LogP contribution in [-0.4, -0.2) is 28.1 Å². The fourth-order valence-electron chi connectivity index (χ4n) is 2.09. The molecule has 1 N–H and O–H groups in total. The second-order valence-corrected chi connectivity index (χ2v) is 5.02. The minimum absolute atomic E-state index is 0.0796. The summed E-state index contributed by atoms with van der Waals surface area (Å²) in [4.78, 5) is 4.55. The zero-order valence-corrected chi connectivity index (χ0v) is 12.0. The predicted octanol–water partition coefficient (Wildman–Crippen LogP) is 2.11. The molecule has 19 heavy (non-hydrogen) atoms. The van der Waals surface area contributed by atoms with Gasteiger partial charge in [0.25, 0.3) is 0 Å². The average Bonchev–Trinajstić information content (AvgIpc) is 2.98. The second kappa shape index (κ2) is 4.86. The topological polar surface area (TPSA) is 56.5 Å². The summed E-state index contributed by atoms with van der Waals surface area (Å²) in [5.74, 6) is 2.32. The monoisotopic (exact) mass is 324 g/mol. The van der Waals surface area contributed by atoms with Crippen LogP contribution in [0.5, 0.6) is 11.5 Å². The summed E-state index contributed by atoms with van der Waals surface area (Å²) in [6.45, 7) is 0.342. The number of aromatic nitrogens is 2. The number of aliphatic hydroxyl groups excluding tert-OH is 1. The Morgan fingerprint density at radius 3 is 2.95 bits per heavy atom. The van der Waals surface area contributed by atoms with Crippen molar-refractivity contribution in [2.24, 2.45) is 7.05 Å². The Hall–Kier alpha value is -1.53. The summed E-state index contributed by atoms with van der Waals surface area (Å²) in [7, 11) is 1.93. The van der Waals surface area contributed by atoms with Crippen LogP contribution in [0.25, 0.3) is 11.4 Å². The Bertz CT molecular complexity index is 625. The molecule has 3 rings (SSSR count). The smallest absolute Gasteiger partial charge is 0.231 e. The van der Waals surface area contributed by atoms with Crippen molar-refractivity contribution in [1.82, 2.24) is 9.55 Å². The van der Waals surface area contributed by atoms with Gasteiger partial charge < -0.3 is 19.1 Å². The van der Waals surface area contributed by atoms with Gasteiger partial charge in [-0.3, -0.25) is 0 Å². The van der Waals surface area contributed by atoms with Gasteiger partial charge >= 0.3 is 0 Å². The number of nitrogens with zero attached hydrogens (tertiary/aromatic N) is 2. The zero-order chi connectivity index (χ0) is 13.4. The number of benzene rings is 1. The minimum atomic E-state index is 0.0796. The SMILES string of the molecule is Cn1c(-c2ccc3c(c2)OCO3)nc(CCO)c1Br. The van der Waals surface area contributed by atoms with Crippen LogP contribution in [0.2, 0.25) is 0 Å². The van der Waals surface area contributed by atoms with Crippen LogP contribution in [0, 0.1) is 0 Å². The van der Waals surface area contributed by atoms with E-state index in [-0.39, 0.29) is 13.4 Å². The third-order valence-electron chi connectivity index (χ3n) is 3.07. The van der Waals surface area contributed by atoms with Crippen molar-refractivity contribution in [1.29, 1.82) is 0 Å². The molecule has 0 spiro atoms. The average molecular weight is 325 g/mol. The van der Waals surface area contributed by atoms with Gasteiger partial charge in [-0.25, -0.2) is 4.98 Å². The van der Waals surface area contributed by atoms with E-state index in [1.54, 1.807) is 0 Å². The number of aliphatic hydroxyl groups is 1. The van der Waals surface area contributed by atoms with E-state index in [0.29, 0.717) is 6.42 Å². The molecule has 6 heteroatoms. The first-order chi connectivity index (χ1) is 9.20. The lowest BCUT2D eigenvalue weighted by molar-refractivity contribution is 0.174. The maximum atomic E-state index is 9.04. The summed E-state index contributed by atoms with van der Waals surface area (Å²) >= 11 is 3.50. The number of ether oxygens (including phenoxy) is 2. The van der Waals surface area contributed by atoms with Crippen molar-refractivity contribution in [3.63, 3.8) is 0 Å². The molecule has 0 saturated carbocycles. The lowest BCUT2D eigenvalue weighted by Crippen LogP contribution is -1.93. The molecule has 0 atom stereocenters. The van der Waals surface area contributed by atoms with E-state index in [2.05, 4.69) is 20.9 Å². The maximum absolute atomic E-state index is 9.04. The van der Waals surface area contributed by atoms with Gasteiger partial charge in [-0.15, -0.1) is 0 Å². The highest BCUT2D eigenvalue weighted by Crippen LogP contribution is 2.36. The van der Waals surface area contributed by atoms with Gasteiger partial charge in [0.15, 0.2) is 11.5 Å². The Balaban J connectivity index is 2.04. The normalized spacial score (nSPS) is 13.0. The van der Waals surface area contributed by atoms with Gasteiger partial charge in [0.2, 0.25) is 6.79 Å². The van der Waals surface area contributed by atoms with E-state index >= 15 is 0 Å². The lowest BCUT2D eigenvalue weighted by atomic mass is 10.2. The molecule has 1 aliphatic heterocycles. The molecule has 0 amide bonds. The molecule has 0 aliphatic carbocycles. The molecule has 0 unspecified atom stereocenters. The zero-order valence-electron chi connectivity index (χ0n) is 10.4. The van der Waals surface area contributed by atoms with Gasteiger partial charge in [0, 0.05) is 25.6 Å². The summed E-state index contributed by atoms with van der Waals surface area (Å²) < 4.78 is 13.5. The highest BCUT2D eigenvalue weighted by Gasteiger charge is 2.18. The molecule has 1 aliphatic rings. The van der Waals surface area contributed by atoms with Crippen LogP contribution >= 0.6 is 15.9 Å². The van der Waals surface area contributed by atoms with E-state index in [4.69, 9.17) is 14.6 Å². The van der Waals surface area contributed by atoms with Gasteiger partial charge in [0.05, 0.1) is 5.69 Å². The van der Waals surface area contributed by atoms with E-state index in [9.17, 15) is 0 Å². The van der Waals surface area contributed by atoms with E-state index < -0.39 is 0 Å². The van der Waals surface area contributed by atoms with Gasteiger partial charge in [0.1, 0.15) is 10.4 Å². The molecule has 0 radical (unpaired) electrons. The number of hydrogen-bond donors (Lipinski definition) is 1. The third-order valence-corrected chi connectivity index (χ3v) is 4.06. The molecule has 1 aromatic heterocycles. The molecular weight excluding hydrogens is 312 g/mol. The highest BCUT2D eigenvalue weighted by atomic mass is 79.9. The summed E-state index contributed by atoms with van der Waals surface area (Å²) in [6, 6.07) is 5.75. The van der Waals surface area contributed by atoms with Gasteiger partial charge in [-0.2, -0.15) is 0 Å². The first kappa shape index (κ1) is 12.5. The summed E-state index contributed by atoms with van der Waals surface area (Å²) in [6.07, 6.45) is 0.527. The Kier molecular flexibility index (Phi) is 3.20. The third kappa shape index (κ3) is 2.11. The van der Waals surface area contributed by atoms with Crippen molar-refractivity contribution in [3.8, 4) is 22.9 Å². The predicted molar refractivity (Wildman–Crippen MR) is 73.3 cm³/mol. The number of imidazole rings is 1. The van der Waals surface area contributed by atoms with Crippen LogP contribution in [0.1, 0.15) is 5.69 Å². The van der Waals surface area contributed by atoms with Crippen LogP contribution < -0.4 is 9.47 Å². The quantitative estimate of drug-likeness (QED) is 0.939. The Morgan fingerprint density at radius 2 is 2.16 bits per heavy atom. The fourth-order valence-corrected chi connectivity index (χ4v) is 2.55. The van der Waals surface area contributed by atoms with E-state index in [1.807, 2.05) is 29.8 Å². The summed E-state index contributed by atoms with van der Waals surface area (Å²) in [5, 5.41) is 9.04. The maximum Gasteiger partial charge on any atom is 0.231 e. The molecule has 2 aromatic rings. The molecule has 5 nitrogen and oxygen atoms in total. The number of halogens is 1. The highest BCUT2D eigenvalue weighted by molar-refractivity contribution is 9.10. The van der Waals surface area contributed by atoms with E-state index in [0.717, 1.165) is 33.2 Å². The minimum Gasteiger partial charge on any atom is -0.454 e. The van der Waals surface area contributed by atoms with Crippen LogP contribution in [0.4, 0.5) is 0 Å². The second-order valence-electron chi connectivity index (χ2n) is 4.27. The van der Waals surface area contributed by atoms with Crippen LogP contribution in [0.15, 0.2) is 22.8 Å². The summed E-state index contributed by atoms with van der Waals surface area (Å²) in [5.41, 5.74) is 1.80. The van der Waals surface area contributed by atoms with Crippen molar-refractivity contribution >= 4 is 15.9 Å². The Morgan fingerprint density at radius 1 is 1.37 bits per heavy atom. The molecule has 0 saturated heterocycles. The van der Waals surface area contributed by atoms with Crippen LogP contribution in [-0.2, 0) is 13.5 Å². The van der Waals surface area contributed by atoms with Gasteiger partial charge in [-0.05, 0) is 34.1 Å². The number of fused-ring (bicyclic) bond motifs is 1. The largest absolute Gasteiger partial charge is 0.454 e. The molecule has 100 valence electrons. The van der Waals surface area contributed by atoms with Crippen molar-refractivity contribution in [3.05, 3.63) is 28.5 Å².